The molecule has 1 atom stereocenters. The largest absolute Gasteiger partial charge is 0.302 e. The third kappa shape index (κ3) is 2.83. The summed E-state index contributed by atoms with van der Waals surface area (Å²) >= 11 is 0. The molecular formula is C21H17N3. The van der Waals surface area contributed by atoms with Gasteiger partial charge < -0.3 is 5.43 Å². The number of nitrogens with one attached hydrogen (secondary N) is 2. The highest BCUT2D eigenvalue weighted by molar-refractivity contribution is 5.74. The monoisotopic (exact) mass is 311 g/mol. The first-order chi connectivity index (χ1) is 11.9. The Morgan fingerprint density at radius 1 is 0.750 bits per heavy atom. The lowest BCUT2D eigenvalue weighted by Gasteiger charge is -2.25. The third-order valence-electron chi connectivity index (χ3n) is 3.98. The number of hydrazine groups is 2. The van der Waals surface area contributed by atoms with E-state index in [1.54, 1.807) is 0 Å². The third-order valence-corrected chi connectivity index (χ3v) is 3.98. The minimum absolute atomic E-state index is 0.0949. The summed E-state index contributed by atoms with van der Waals surface area (Å²) in [5.74, 6) is 6.70. The van der Waals surface area contributed by atoms with Crippen LogP contribution in [0.4, 0.5) is 11.4 Å². The number of benzene rings is 3. The van der Waals surface area contributed by atoms with E-state index in [1.165, 1.54) is 0 Å². The molecule has 1 aliphatic heterocycles. The van der Waals surface area contributed by atoms with Gasteiger partial charge in [-0.15, -0.1) is 5.53 Å². The molecule has 116 valence electrons. The van der Waals surface area contributed by atoms with Crippen molar-refractivity contribution >= 4 is 11.4 Å². The SMILES string of the molecule is C(#CC(c1ccccc1)N1NNc2ccccc21)c1ccccc1. The normalized spacial score (nSPS) is 13.4. The van der Waals surface area contributed by atoms with Crippen LogP contribution >= 0.6 is 0 Å². The van der Waals surface area contributed by atoms with Crippen LogP contribution in [0.1, 0.15) is 17.2 Å². The van der Waals surface area contributed by atoms with Gasteiger partial charge in [0.05, 0.1) is 11.4 Å². The van der Waals surface area contributed by atoms with Gasteiger partial charge in [-0.3, -0.25) is 5.01 Å². The molecule has 3 heteroatoms. The van der Waals surface area contributed by atoms with Crippen LogP contribution in [0.5, 0.6) is 0 Å². The topological polar surface area (TPSA) is 27.3 Å². The van der Waals surface area contributed by atoms with Gasteiger partial charge in [-0.25, -0.2) is 0 Å². The number of hydrogen-bond donors (Lipinski definition) is 2. The van der Waals surface area contributed by atoms with Gasteiger partial charge in [0.1, 0.15) is 6.04 Å². The first-order valence-electron chi connectivity index (χ1n) is 7.93. The summed E-state index contributed by atoms with van der Waals surface area (Å²) in [6, 6.07) is 28.5. The molecule has 0 radical (unpaired) electrons. The van der Waals surface area contributed by atoms with E-state index in [4.69, 9.17) is 0 Å². The Labute approximate surface area is 141 Å². The Morgan fingerprint density at radius 2 is 1.42 bits per heavy atom. The standard InChI is InChI=1S/C21H17N3/c1-3-9-17(10-4-1)15-16-20(18-11-5-2-6-12-18)24-21-14-8-7-13-19(21)22-23-24/h1-14,20,22-23H. The van der Waals surface area contributed by atoms with Gasteiger partial charge in [-0.2, -0.15) is 0 Å². The van der Waals surface area contributed by atoms with E-state index in [1.807, 2.05) is 60.7 Å². The van der Waals surface area contributed by atoms with Crippen LogP contribution in [0.15, 0.2) is 84.9 Å². The maximum atomic E-state index is 3.41. The average molecular weight is 311 g/mol. The number of para-hydroxylation sites is 2. The van der Waals surface area contributed by atoms with Crippen LogP contribution in [0.25, 0.3) is 0 Å². The van der Waals surface area contributed by atoms with Gasteiger partial charge in [0.2, 0.25) is 0 Å². The van der Waals surface area contributed by atoms with Crippen molar-refractivity contribution < 1.29 is 0 Å². The zero-order valence-corrected chi connectivity index (χ0v) is 13.1. The van der Waals surface area contributed by atoms with Gasteiger partial charge in [-0.05, 0) is 29.8 Å². The van der Waals surface area contributed by atoms with Gasteiger partial charge in [0, 0.05) is 5.56 Å². The highest BCUT2D eigenvalue weighted by atomic mass is 15.7. The summed E-state index contributed by atoms with van der Waals surface area (Å²) in [6.07, 6.45) is 0. The van der Waals surface area contributed by atoms with E-state index < -0.39 is 0 Å². The van der Waals surface area contributed by atoms with Crippen molar-refractivity contribution in [1.29, 1.82) is 0 Å². The lowest BCUT2D eigenvalue weighted by atomic mass is 10.1. The van der Waals surface area contributed by atoms with Crippen molar-refractivity contribution in [3.63, 3.8) is 0 Å². The summed E-state index contributed by atoms with van der Waals surface area (Å²) in [7, 11) is 0. The first kappa shape index (κ1) is 14.4. The van der Waals surface area contributed by atoms with Crippen molar-refractivity contribution in [2.75, 3.05) is 10.4 Å². The molecule has 0 aromatic heterocycles. The highest BCUT2D eigenvalue weighted by Crippen LogP contribution is 2.34. The molecule has 1 aliphatic rings. The molecule has 0 spiro atoms. The van der Waals surface area contributed by atoms with Crippen LogP contribution in [0, 0.1) is 11.8 Å². The van der Waals surface area contributed by atoms with Crippen LogP contribution in [0.2, 0.25) is 0 Å². The van der Waals surface area contributed by atoms with Crippen molar-refractivity contribution in [2.45, 2.75) is 6.04 Å². The molecule has 0 amide bonds. The highest BCUT2D eigenvalue weighted by Gasteiger charge is 2.25. The fraction of sp³-hybridized carbons (Fsp3) is 0.0476. The number of anilines is 2. The van der Waals surface area contributed by atoms with Crippen molar-refractivity contribution in [1.82, 2.24) is 5.53 Å². The Kier molecular flexibility index (Phi) is 3.89. The van der Waals surface area contributed by atoms with Gasteiger partial charge in [0.15, 0.2) is 0 Å². The lowest BCUT2D eigenvalue weighted by Crippen LogP contribution is -2.38. The number of hydrogen-bond acceptors (Lipinski definition) is 3. The summed E-state index contributed by atoms with van der Waals surface area (Å²) in [5, 5.41) is 2.07. The van der Waals surface area contributed by atoms with Gasteiger partial charge >= 0.3 is 0 Å². The zero-order chi connectivity index (χ0) is 16.2. The summed E-state index contributed by atoms with van der Waals surface area (Å²) in [6.45, 7) is 0. The molecule has 0 bridgehead atoms. The smallest absolute Gasteiger partial charge is 0.133 e. The second kappa shape index (κ2) is 6.49. The maximum Gasteiger partial charge on any atom is 0.133 e. The molecule has 0 fully saturated rings. The quantitative estimate of drug-likeness (QED) is 0.697. The second-order valence-electron chi connectivity index (χ2n) is 5.57. The molecular weight excluding hydrogens is 294 g/mol. The maximum absolute atomic E-state index is 3.41. The fourth-order valence-corrected chi connectivity index (χ4v) is 2.78. The Morgan fingerprint density at radius 3 is 2.21 bits per heavy atom. The minimum Gasteiger partial charge on any atom is -0.302 e. The second-order valence-corrected chi connectivity index (χ2v) is 5.57. The molecule has 1 heterocycles. The lowest BCUT2D eigenvalue weighted by molar-refractivity contribution is 0.677. The van der Waals surface area contributed by atoms with Crippen LogP contribution in [-0.4, -0.2) is 0 Å². The molecule has 4 rings (SSSR count). The molecule has 24 heavy (non-hydrogen) atoms. The molecule has 3 aromatic rings. The predicted molar refractivity (Wildman–Crippen MR) is 98.2 cm³/mol. The van der Waals surface area contributed by atoms with Gasteiger partial charge in [-0.1, -0.05) is 72.5 Å². The Bertz CT molecular complexity index is 879. The van der Waals surface area contributed by atoms with Crippen molar-refractivity contribution in [2.24, 2.45) is 0 Å². The molecule has 0 saturated heterocycles. The number of rotatable bonds is 2. The van der Waals surface area contributed by atoms with Crippen molar-refractivity contribution in [3.8, 4) is 11.8 Å². The van der Waals surface area contributed by atoms with E-state index in [0.717, 1.165) is 22.5 Å². The molecule has 2 N–H and O–H groups in total. The molecule has 1 unspecified atom stereocenters. The molecule has 3 nitrogen and oxygen atoms in total. The number of nitrogens with zero attached hydrogens (tertiary/aromatic N) is 1. The fourth-order valence-electron chi connectivity index (χ4n) is 2.78. The summed E-state index contributed by atoms with van der Waals surface area (Å²) in [5.41, 5.74) is 10.7. The Balaban J connectivity index is 1.74. The average Bonchev–Trinajstić information content (AvgIpc) is 3.08. The summed E-state index contributed by atoms with van der Waals surface area (Å²) < 4.78 is 0. The molecule has 3 aromatic carbocycles. The van der Waals surface area contributed by atoms with Crippen LogP contribution < -0.4 is 16.0 Å². The number of fused-ring (bicyclic) bond motifs is 1. The van der Waals surface area contributed by atoms with E-state index in [-0.39, 0.29) is 6.04 Å². The van der Waals surface area contributed by atoms with Crippen LogP contribution in [-0.2, 0) is 0 Å². The first-order valence-corrected chi connectivity index (χ1v) is 7.93. The zero-order valence-electron chi connectivity index (χ0n) is 13.1. The minimum atomic E-state index is -0.0949. The van der Waals surface area contributed by atoms with E-state index in [9.17, 15) is 0 Å². The van der Waals surface area contributed by atoms with E-state index in [2.05, 4.69) is 52.1 Å². The van der Waals surface area contributed by atoms with Crippen molar-refractivity contribution in [3.05, 3.63) is 96.1 Å². The van der Waals surface area contributed by atoms with Gasteiger partial charge in [0.25, 0.3) is 0 Å². The molecule has 0 saturated carbocycles. The predicted octanol–water partition coefficient (Wildman–Crippen LogP) is 4.13. The van der Waals surface area contributed by atoms with E-state index in [0.29, 0.717) is 0 Å². The molecule has 0 aliphatic carbocycles. The summed E-state index contributed by atoms with van der Waals surface area (Å²) in [4.78, 5) is 0. The van der Waals surface area contributed by atoms with Crippen LogP contribution in [0.3, 0.4) is 0 Å². The van der Waals surface area contributed by atoms with E-state index >= 15 is 0 Å². The Hall–Kier alpha value is -3.22.